The summed E-state index contributed by atoms with van der Waals surface area (Å²) in [6, 6.07) is 16.0. The summed E-state index contributed by atoms with van der Waals surface area (Å²) in [5.74, 6) is 1.22. The largest absolute Gasteiger partial charge is 0.497 e. The molecule has 1 saturated heterocycles. The lowest BCUT2D eigenvalue weighted by atomic mass is 9.90. The average molecular weight is 352 g/mol. The fourth-order valence-electron chi connectivity index (χ4n) is 3.75. The molecule has 26 heavy (non-hydrogen) atoms. The number of hydrogen-bond donors (Lipinski definition) is 1. The summed E-state index contributed by atoms with van der Waals surface area (Å²) in [5, 5.41) is 3.04. The number of hydrogen-bond acceptors (Lipinski definition) is 4. The molecule has 0 radical (unpaired) electrons. The van der Waals surface area contributed by atoms with E-state index < -0.39 is 0 Å². The summed E-state index contributed by atoms with van der Waals surface area (Å²) in [4.78, 5) is 14.9. The number of rotatable bonds is 3. The van der Waals surface area contributed by atoms with E-state index in [4.69, 9.17) is 9.47 Å². The minimum atomic E-state index is -0.331. The van der Waals surface area contributed by atoms with Gasteiger partial charge in [-0.25, -0.2) is 0 Å². The SMILES string of the molecule is COc1ccc2c(c1)C(=O)NCC1(CCN(Cc3ccccc3)CC1)O2. The molecule has 1 fully saturated rings. The molecular formula is C21H24N2O3. The number of methoxy groups -OCH3 is 1. The molecule has 4 rings (SSSR count). The van der Waals surface area contributed by atoms with Crippen LogP contribution in [0.2, 0.25) is 0 Å². The second kappa shape index (κ2) is 7.00. The highest BCUT2D eigenvalue weighted by Crippen LogP contribution is 2.34. The monoisotopic (exact) mass is 352 g/mol. The third-order valence-electron chi connectivity index (χ3n) is 5.35. The van der Waals surface area contributed by atoms with Crippen LogP contribution >= 0.6 is 0 Å². The lowest BCUT2D eigenvalue weighted by Gasteiger charge is -2.41. The van der Waals surface area contributed by atoms with Gasteiger partial charge in [0.05, 0.1) is 19.2 Å². The molecule has 1 spiro atoms. The van der Waals surface area contributed by atoms with Gasteiger partial charge in [0.15, 0.2) is 0 Å². The van der Waals surface area contributed by atoms with E-state index in [2.05, 4.69) is 34.5 Å². The molecule has 0 atom stereocenters. The minimum absolute atomic E-state index is 0.0949. The number of nitrogens with one attached hydrogen (secondary N) is 1. The molecule has 2 aliphatic rings. The molecule has 0 bridgehead atoms. The van der Waals surface area contributed by atoms with Crippen LogP contribution < -0.4 is 14.8 Å². The van der Waals surface area contributed by atoms with Crippen LogP contribution in [0, 0.1) is 0 Å². The highest BCUT2D eigenvalue weighted by Gasteiger charge is 2.40. The lowest BCUT2D eigenvalue weighted by molar-refractivity contribution is 0.00392. The second-order valence-corrected chi connectivity index (χ2v) is 7.09. The van der Waals surface area contributed by atoms with Crippen molar-refractivity contribution in [2.45, 2.75) is 25.0 Å². The number of fused-ring (bicyclic) bond motifs is 1. The van der Waals surface area contributed by atoms with Gasteiger partial charge in [-0.3, -0.25) is 9.69 Å². The molecule has 2 heterocycles. The molecule has 5 nitrogen and oxygen atoms in total. The zero-order chi connectivity index (χ0) is 18.0. The van der Waals surface area contributed by atoms with Gasteiger partial charge in [-0.15, -0.1) is 0 Å². The van der Waals surface area contributed by atoms with E-state index in [0.717, 1.165) is 32.5 Å². The predicted molar refractivity (Wildman–Crippen MR) is 99.6 cm³/mol. The third kappa shape index (κ3) is 3.40. The van der Waals surface area contributed by atoms with Gasteiger partial charge in [-0.2, -0.15) is 0 Å². The Kier molecular flexibility index (Phi) is 4.55. The Morgan fingerprint density at radius 3 is 2.65 bits per heavy atom. The Hall–Kier alpha value is -2.53. The molecule has 1 amide bonds. The van der Waals surface area contributed by atoms with Gasteiger partial charge >= 0.3 is 0 Å². The van der Waals surface area contributed by atoms with Crippen LogP contribution in [0.4, 0.5) is 0 Å². The van der Waals surface area contributed by atoms with Crippen LogP contribution in [-0.2, 0) is 6.54 Å². The maximum atomic E-state index is 12.4. The number of nitrogens with zero attached hydrogens (tertiary/aromatic N) is 1. The van der Waals surface area contributed by atoms with Crippen LogP contribution in [0.25, 0.3) is 0 Å². The lowest BCUT2D eigenvalue weighted by Crippen LogP contribution is -2.52. The molecule has 0 unspecified atom stereocenters. The van der Waals surface area contributed by atoms with E-state index in [1.165, 1.54) is 5.56 Å². The van der Waals surface area contributed by atoms with Crippen LogP contribution in [0.15, 0.2) is 48.5 Å². The van der Waals surface area contributed by atoms with Crippen molar-refractivity contribution < 1.29 is 14.3 Å². The second-order valence-electron chi connectivity index (χ2n) is 7.09. The topological polar surface area (TPSA) is 50.8 Å². The smallest absolute Gasteiger partial charge is 0.255 e. The molecule has 0 aliphatic carbocycles. The molecule has 2 aromatic carbocycles. The maximum absolute atomic E-state index is 12.4. The van der Waals surface area contributed by atoms with E-state index >= 15 is 0 Å². The molecule has 0 saturated carbocycles. The molecule has 0 aromatic heterocycles. The normalized spacial score (nSPS) is 19.2. The summed E-state index contributed by atoms with van der Waals surface area (Å²) < 4.78 is 11.6. The molecular weight excluding hydrogens is 328 g/mol. The van der Waals surface area contributed by atoms with Gasteiger partial charge in [-0.1, -0.05) is 30.3 Å². The first kappa shape index (κ1) is 16.9. The Labute approximate surface area is 153 Å². The molecule has 2 aromatic rings. The quantitative estimate of drug-likeness (QED) is 0.923. The van der Waals surface area contributed by atoms with Crippen molar-refractivity contribution in [3.8, 4) is 11.5 Å². The number of carbonyl (C=O) groups is 1. The van der Waals surface area contributed by atoms with Crippen molar-refractivity contribution in [1.29, 1.82) is 0 Å². The Morgan fingerprint density at radius 1 is 1.15 bits per heavy atom. The van der Waals surface area contributed by atoms with Crippen LogP contribution in [0.1, 0.15) is 28.8 Å². The Balaban J connectivity index is 1.47. The zero-order valence-corrected chi connectivity index (χ0v) is 15.0. The summed E-state index contributed by atoms with van der Waals surface area (Å²) in [6.07, 6.45) is 1.79. The van der Waals surface area contributed by atoms with E-state index in [0.29, 0.717) is 23.6 Å². The Morgan fingerprint density at radius 2 is 1.92 bits per heavy atom. The number of amides is 1. The van der Waals surface area contributed by atoms with E-state index in [1.54, 1.807) is 13.2 Å². The highest BCUT2D eigenvalue weighted by molar-refractivity contribution is 5.97. The van der Waals surface area contributed by atoms with Crippen molar-refractivity contribution in [3.05, 3.63) is 59.7 Å². The fraction of sp³-hybridized carbons (Fsp3) is 0.381. The van der Waals surface area contributed by atoms with Crippen LogP contribution in [-0.4, -0.2) is 43.2 Å². The van der Waals surface area contributed by atoms with E-state index in [1.807, 2.05) is 18.2 Å². The van der Waals surface area contributed by atoms with E-state index in [9.17, 15) is 4.79 Å². The number of piperidine rings is 1. The highest BCUT2D eigenvalue weighted by atomic mass is 16.5. The van der Waals surface area contributed by atoms with E-state index in [-0.39, 0.29) is 11.5 Å². The summed E-state index contributed by atoms with van der Waals surface area (Å²) >= 11 is 0. The van der Waals surface area contributed by atoms with Crippen molar-refractivity contribution in [1.82, 2.24) is 10.2 Å². The van der Waals surface area contributed by atoms with Gasteiger partial charge in [-0.05, 0) is 23.8 Å². The van der Waals surface area contributed by atoms with Crippen molar-refractivity contribution >= 4 is 5.91 Å². The van der Waals surface area contributed by atoms with Gasteiger partial charge in [0.25, 0.3) is 5.91 Å². The first-order valence-corrected chi connectivity index (χ1v) is 9.09. The van der Waals surface area contributed by atoms with Crippen molar-refractivity contribution in [2.24, 2.45) is 0 Å². The third-order valence-corrected chi connectivity index (χ3v) is 5.35. The van der Waals surface area contributed by atoms with Crippen molar-refractivity contribution in [2.75, 3.05) is 26.7 Å². The number of benzene rings is 2. The minimum Gasteiger partial charge on any atom is -0.497 e. The zero-order valence-electron chi connectivity index (χ0n) is 15.0. The fourth-order valence-corrected chi connectivity index (χ4v) is 3.75. The van der Waals surface area contributed by atoms with Crippen molar-refractivity contribution in [3.63, 3.8) is 0 Å². The first-order valence-electron chi connectivity index (χ1n) is 9.09. The van der Waals surface area contributed by atoms with Crippen LogP contribution in [0.5, 0.6) is 11.5 Å². The molecule has 136 valence electrons. The van der Waals surface area contributed by atoms with Gasteiger partial charge < -0.3 is 14.8 Å². The summed E-state index contributed by atoms with van der Waals surface area (Å²) in [6.45, 7) is 3.41. The number of ether oxygens (including phenoxy) is 2. The van der Waals surface area contributed by atoms with Crippen LogP contribution in [0.3, 0.4) is 0 Å². The maximum Gasteiger partial charge on any atom is 0.255 e. The molecule has 1 N–H and O–H groups in total. The summed E-state index contributed by atoms with van der Waals surface area (Å²) in [7, 11) is 1.60. The van der Waals surface area contributed by atoms with Gasteiger partial charge in [0, 0.05) is 32.5 Å². The Bertz CT molecular complexity index is 783. The average Bonchev–Trinajstić information content (AvgIpc) is 2.81. The van der Waals surface area contributed by atoms with Gasteiger partial charge in [0.2, 0.25) is 0 Å². The number of carbonyl (C=O) groups excluding carboxylic acids is 1. The molecule has 5 heteroatoms. The standard InChI is InChI=1S/C21H24N2O3/c1-25-17-7-8-19-18(13-17)20(24)22-15-21(26-19)9-11-23(12-10-21)14-16-5-3-2-4-6-16/h2-8,13H,9-12,14-15H2,1H3,(H,22,24). The first-order chi connectivity index (χ1) is 12.7. The molecule has 2 aliphatic heterocycles. The number of likely N-dealkylation sites (tertiary alicyclic amines) is 1. The summed E-state index contributed by atoms with van der Waals surface area (Å²) in [5.41, 5.74) is 1.55. The van der Waals surface area contributed by atoms with Gasteiger partial charge in [0.1, 0.15) is 17.1 Å². The predicted octanol–water partition coefficient (Wildman–Crippen LogP) is 2.85.